The third-order valence-corrected chi connectivity index (χ3v) is 5.79. The molecule has 2 amide bonds. The molecule has 1 aliphatic heterocycles. The maximum atomic E-state index is 12.6. The number of carbonyl (C=O) groups excluding carboxylic acids is 2. The van der Waals surface area contributed by atoms with E-state index in [1.807, 2.05) is 36.6 Å². The van der Waals surface area contributed by atoms with Gasteiger partial charge in [-0.15, -0.1) is 11.3 Å². The average Bonchev–Trinajstić information content (AvgIpc) is 3.33. The highest BCUT2D eigenvalue weighted by Crippen LogP contribution is 2.21. The molecular formula is C21H26N2O3S. The van der Waals surface area contributed by atoms with Crippen LogP contribution in [0.4, 0.5) is 0 Å². The number of rotatable bonds is 7. The van der Waals surface area contributed by atoms with Crippen molar-refractivity contribution < 1.29 is 14.3 Å². The lowest BCUT2D eigenvalue weighted by Crippen LogP contribution is -2.46. The number of hydrogen-bond donors (Lipinski definition) is 1. The first kappa shape index (κ1) is 19.4. The minimum atomic E-state index is -0.350. The Morgan fingerprint density at radius 3 is 2.93 bits per heavy atom. The molecule has 1 aromatic heterocycles. The van der Waals surface area contributed by atoms with Crippen LogP contribution in [-0.4, -0.2) is 43.0 Å². The van der Waals surface area contributed by atoms with Crippen molar-refractivity contribution >= 4 is 23.2 Å². The van der Waals surface area contributed by atoms with E-state index in [0.717, 1.165) is 29.0 Å². The van der Waals surface area contributed by atoms with E-state index in [-0.39, 0.29) is 17.9 Å². The summed E-state index contributed by atoms with van der Waals surface area (Å²) in [7, 11) is 1.66. The number of ether oxygens (including phenoxy) is 1. The Labute approximate surface area is 164 Å². The van der Waals surface area contributed by atoms with Crippen LogP contribution in [0.3, 0.4) is 0 Å². The zero-order valence-electron chi connectivity index (χ0n) is 15.9. The summed E-state index contributed by atoms with van der Waals surface area (Å²) in [6, 6.07) is 9.60. The van der Waals surface area contributed by atoms with E-state index in [4.69, 9.17) is 4.74 Å². The predicted octanol–water partition coefficient (Wildman–Crippen LogP) is 2.96. The second kappa shape index (κ2) is 9.04. The normalized spacial score (nSPS) is 16.4. The number of nitrogens with zero attached hydrogens (tertiary/aromatic N) is 1. The van der Waals surface area contributed by atoms with Gasteiger partial charge in [-0.2, -0.15) is 0 Å². The summed E-state index contributed by atoms with van der Waals surface area (Å²) in [6.07, 6.45) is 2.68. The Morgan fingerprint density at radius 1 is 1.33 bits per heavy atom. The molecule has 3 rings (SSSR count). The highest BCUT2D eigenvalue weighted by atomic mass is 32.1. The fourth-order valence-electron chi connectivity index (χ4n) is 3.54. The number of amides is 2. The Bertz CT molecular complexity index is 789. The molecule has 1 fully saturated rings. The SMILES string of the molecule is COc1ccc(C)cc1CCNC(=O)C1CCCN1C(=O)Cc1cccs1. The maximum absolute atomic E-state index is 12.6. The van der Waals surface area contributed by atoms with E-state index in [2.05, 4.69) is 11.4 Å². The minimum Gasteiger partial charge on any atom is -0.496 e. The minimum absolute atomic E-state index is 0.0375. The van der Waals surface area contributed by atoms with Gasteiger partial charge in [-0.05, 0) is 49.3 Å². The number of methoxy groups -OCH3 is 1. The van der Waals surface area contributed by atoms with Crippen molar-refractivity contribution in [2.45, 2.75) is 38.6 Å². The van der Waals surface area contributed by atoms with Crippen LogP contribution < -0.4 is 10.1 Å². The Kier molecular flexibility index (Phi) is 6.50. The molecule has 0 aliphatic carbocycles. The number of likely N-dealkylation sites (tertiary alicyclic amines) is 1. The van der Waals surface area contributed by atoms with E-state index in [9.17, 15) is 9.59 Å². The van der Waals surface area contributed by atoms with Crippen molar-refractivity contribution in [1.82, 2.24) is 10.2 Å². The van der Waals surface area contributed by atoms with Gasteiger partial charge in [0.2, 0.25) is 11.8 Å². The summed E-state index contributed by atoms with van der Waals surface area (Å²) in [6.45, 7) is 3.23. The van der Waals surface area contributed by atoms with Crippen LogP contribution in [0.25, 0.3) is 0 Å². The smallest absolute Gasteiger partial charge is 0.242 e. The van der Waals surface area contributed by atoms with Gasteiger partial charge in [-0.25, -0.2) is 0 Å². The first-order valence-corrected chi connectivity index (χ1v) is 10.2. The van der Waals surface area contributed by atoms with Gasteiger partial charge in [-0.3, -0.25) is 9.59 Å². The number of aryl methyl sites for hydroxylation is 1. The first-order valence-electron chi connectivity index (χ1n) is 9.31. The van der Waals surface area contributed by atoms with Crippen LogP contribution in [0.1, 0.15) is 28.8 Å². The van der Waals surface area contributed by atoms with Crippen LogP contribution >= 0.6 is 11.3 Å². The molecule has 6 heteroatoms. The molecule has 0 bridgehead atoms. The van der Waals surface area contributed by atoms with E-state index >= 15 is 0 Å². The number of nitrogens with one attached hydrogen (secondary N) is 1. The second-order valence-corrected chi connectivity index (χ2v) is 7.89. The van der Waals surface area contributed by atoms with Gasteiger partial charge in [0.25, 0.3) is 0 Å². The Hall–Kier alpha value is -2.34. The highest BCUT2D eigenvalue weighted by Gasteiger charge is 2.33. The number of hydrogen-bond acceptors (Lipinski definition) is 4. The largest absolute Gasteiger partial charge is 0.496 e. The third kappa shape index (κ3) is 4.89. The molecular weight excluding hydrogens is 360 g/mol. The number of thiophene rings is 1. The lowest BCUT2D eigenvalue weighted by atomic mass is 10.1. The zero-order valence-corrected chi connectivity index (χ0v) is 16.7. The second-order valence-electron chi connectivity index (χ2n) is 6.86. The highest BCUT2D eigenvalue weighted by molar-refractivity contribution is 7.10. The molecule has 1 aliphatic rings. The third-order valence-electron chi connectivity index (χ3n) is 4.91. The molecule has 2 heterocycles. The molecule has 2 aromatic rings. The van der Waals surface area contributed by atoms with E-state index in [0.29, 0.717) is 25.9 Å². The Balaban J connectivity index is 1.54. The summed E-state index contributed by atoms with van der Waals surface area (Å²) in [5.41, 5.74) is 2.24. The van der Waals surface area contributed by atoms with Crippen molar-refractivity contribution in [2.75, 3.05) is 20.2 Å². The van der Waals surface area contributed by atoms with Crippen LogP contribution in [0.5, 0.6) is 5.75 Å². The molecule has 5 nitrogen and oxygen atoms in total. The Morgan fingerprint density at radius 2 is 2.19 bits per heavy atom. The summed E-state index contributed by atoms with van der Waals surface area (Å²) in [4.78, 5) is 28.0. The molecule has 1 N–H and O–H groups in total. The summed E-state index contributed by atoms with van der Waals surface area (Å²) < 4.78 is 5.39. The van der Waals surface area contributed by atoms with Crippen molar-refractivity contribution in [2.24, 2.45) is 0 Å². The molecule has 1 unspecified atom stereocenters. The molecule has 0 radical (unpaired) electrons. The predicted molar refractivity (Wildman–Crippen MR) is 107 cm³/mol. The standard InChI is InChI=1S/C21H26N2O3S/c1-15-7-8-19(26-2)16(13-15)9-10-22-21(25)18-6-3-11-23(18)20(24)14-17-5-4-12-27-17/h4-5,7-8,12-13,18H,3,6,9-11,14H2,1-2H3,(H,22,25). The van der Waals surface area contributed by atoms with Gasteiger partial charge >= 0.3 is 0 Å². The lowest BCUT2D eigenvalue weighted by Gasteiger charge is -2.24. The number of carbonyl (C=O) groups is 2. The van der Waals surface area contributed by atoms with Gasteiger partial charge in [-0.1, -0.05) is 23.8 Å². The molecule has 0 spiro atoms. The molecule has 27 heavy (non-hydrogen) atoms. The van der Waals surface area contributed by atoms with Crippen molar-refractivity contribution in [1.29, 1.82) is 0 Å². The summed E-state index contributed by atoms with van der Waals surface area (Å²) >= 11 is 1.58. The lowest BCUT2D eigenvalue weighted by molar-refractivity contribution is -0.137. The summed E-state index contributed by atoms with van der Waals surface area (Å²) in [5.74, 6) is 0.817. The fourth-order valence-corrected chi connectivity index (χ4v) is 4.24. The van der Waals surface area contributed by atoms with Crippen molar-refractivity contribution in [3.05, 3.63) is 51.7 Å². The van der Waals surface area contributed by atoms with Gasteiger partial charge in [0.15, 0.2) is 0 Å². The van der Waals surface area contributed by atoms with Crippen molar-refractivity contribution in [3.8, 4) is 5.75 Å². The molecule has 144 valence electrons. The van der Waals surface area contributed by atoms with E-state index in [1.165, 1.54) is 5.56 Å². The van der Waals surface area contributed by atoms with Gasteiger partial charge in [0.1, 0.15) is 11.8 Å². The average molecular weight is 387 g/mol. The van der Waals surface area contributed by atoms with E-state index < -0.39 is 0 Å². The number of benzene rings is 1. The monoisotopic (exact) mass is 386 g/mol. The first-order chi connectivity index (χ1) is 13.1. The zero-order chi connectivity index (χ0) is 19.2. The van der Waals surface area contributed by atoms with Crippen LogP contribution in [0.2, 0.25) is 0 Å². The summed E-state index contributed by atoms with van der Waals surface area (Å²) in [5, 5.41) is 4.97. The van der Waals surface area contributed by atoms with Crippen LogP contribution in [-0.2, 0) is 22.4 Å². The van der Waals surface area contributed by atoms with Crippen LogP contribution in [0, 0.1) is 6.92 Å². The van der Waals surface area contributed by atoms with Gasteiger partial charge < -0.3 is 15.0 Å². The molecule has 1 atom stereocenters. The van der Waals surface area contributed by atoms with Crippen molar-refractivity contribution in [3.63, 3.8) is 0 Å². The topological polar surface area (TPSA) is 58.6 Å². The quantitative estimate of drug-likeness (QED) is 0.796. The van der Waals surface area contributed by atoms with Crippen LogP contribution in [0.15, 0.2) is 35.7 Å². The van der Waals surface area contributed by atoms with Gasteiger partial charge in [0.05, 0.1) is 13.5 Å². The van der Waals surface area contributed by atoms with E-state index in [1.54, 1.807) is 23.3 Å². The maximum Gasteiger partial charge on any atom is 0.242 e. The fraction of sp³-hybridized carbons (Fsp3) is 0.429. The molecule has 1 aromatic carbocycles. The molecule has 0 saturated carbocycles. The van der Waals surface area contributed by atoms with Gasteiger partial charge in [0, 0.05) is 18.0 Å². The molecule has 1 saturated heterocycles.